The molecule has 0 aromatic heterocycles. The summed E-state index contributed by atoms with van der Waals surface area (Å²) >= 11 is 5.30. The van der Waals surface area contributed by atoms with Crippen molar-refractivity contribution in [1.29, 1.82) is 0 Å². The summed E-state index contributed by atoms with van der Waals surface area (Å²) in [5.74, 6) is 1.67. The van der Waals surface area contributed by atoms with Crippen LogP contribution in [-0.4, -0.2) is 18.8 Å². The van der Waals surface area contributed by atoms with Crippen LogP contribution in [0, 0.1) is 0 Å². The van der Waals surface area contributed by atoms with E-state index < -0.39 is 0 Å². The van der Waals surface area contributed by atoms with Crippen molar-refractivity contribution in [2.24, 2.45) is 0 Å². The Morgan fingerprint density at radius 3 is 1.86 bits per heavy atom. The zero-order valence-corrected chi connectivity index (χ0v) is 13.6. The molecule has 4 nitrogen and oxygen atoms in total. The van der Waals surface area contributed by atoms with E-state index in [0.29, 0.717) is 5.11 Å². The predicted molar refractivity (Wildman–Crippen MR) is 95.1 cm³/mol. The quantitative estimate of drug-likeness (QED) is 0.778. The van der Waals surface area contributed by atoms with E-state index in [1.54, 1.807) is 7.11 Å². The van der Waals surface area contributed by atoms with Crippen LogP contribution in [0.5, 0.6) is 11.5 Å². The van der Waals surface area contributed by atoms with Gasteiger partial charge in [0.15, 0.2) is 5.11 Å². The lowest BCUT2D eigenvalue weighted by Gasteiger charge is -2.11. The minimum Gasteiger partial charge on any atom is -0.497 e. The van der Waals surface area contributed by atoms with E-state index in [0.717, 1.165) is 35.9 Å². The fourth-order valence-electron chi connectivity index (χ4n) is 1.82. The van der Waals surface area contributed by atoms with E-state index in [1.165, 1.54) is 0 Å². The molecule has 2 N–H and O–H groups in total. The van der Waals surface area contributed by atoms with E-state index in [1.807, 2.05) is 48.5 Å². The third kappa shape index (κ3) is 4.93. The van der Waals surface area contributed by atoms with E-state index in [2.05, 4.69) is 17.6 Å². The lowest BCUT2D eigenvalue weighted by molar-refractivity contribution is 0.317. The monoisotopic (exact) mass is 316 g/mol. The number of nitrogens with one attached hydrogen (secondary N) is 2. The smallest absolute Gasteiger partial charge is 0.175 e. The summed E-state index contributed by atoms with van der Waals surface area (Å²) in [6.07, 6.45) is 0.996. The largest absolute Gasteiger partial charge is 0.497 e. The van der Waals surface area contributed by atoms with Gasteiger partial charge in [-0.05, 0) is 67.2 Å². The Labute approximate surface area is 136 Å². The van der Waals surface area contributed by atoms with Crippen LogP contribution in [0.1, 0.15) is 13.3 Å². The van der Waals surface area contributed by atoms with Gasteiger partial charge in [-0.3, -0.25) is 0 Å². The Hall–Kier alpha value is -2.27. The average Bonchev–Trinajstić information content (AvgIpc) is 2.55. The van der Waals surface area contributed by atoms with Crippen LogP contribution >= 0.6 is 12.2 Å². The first-order valence-electron chi connectivity index (χ1n) is 7.16. The second kappa shape index (κ2) is 8.24. The second-order valence-electron chi connectivity index (χ2n) is 4.68. The molecule has 2 aromatic carbocycles. The highest BCUT2D eigenvalue weighted by Gasteiger charge is 2.00. The summed E-state index contributed by atoms with van der Waals surface area (Å²) in [6.45, 7) is 2.81. The molecule has 0 aliphatic heterocycles. The van der Waals surface area contributed by atoms with Gasteiger partial charge in [0.2, 0.25) is 0 Å². The number of anilines is 2. The lowest BCUT2D eigenvalue weighted by atomic mass is 10.3. The van der Waals surface area contributed by atoms with Gasteiger partial charge in [0.1, 0.15) is 11.5 Å². The highest BCUT2D eigenvalue weighted by Crippen LogP contribution is 2.17. The number of methoxy groups -OCH3 is 1. The summed E-state index contributed by atoms with van der Waals surface area (Å²) in [4.78, 5) is 0. The van der Waals surface area contributed by atoms with Crippen LogP contribution < -0.4 is 20.1 Å². The zero-order chi connectivity index (χ0) is 15.8. The van der Waals surface area contributed by atoms with E-state index in [-0.39, 0.29) is 0 Å². The first-order valence-corrected chi connectivity index (χ1v) is 7.57. The minimum atomic E-state index is 0.535. The number of rotatable bonds is 6. The van der Waals surface area contributed by atoms with E-state index in [4.69, 9.17) is 21.7 Å². The molecule has 0 aliphatic rings. The van der Waals surface area contributed by atoms with Gasteiger partial charge >= 0.3 is 0 Å². The fraction of sp³-hybridized carbons (Fsp3) is 0.235. The molecular weight excluding hydrogens is 296 g/mol. The van der Waals surface area contributed by atoms with Crippen molar-refractivity contribution < 1.29 is 9.47 Å². The molecule has 0 saturated heterocycles. The Balaban J connectivity index is 1.88. The third-order valence-corrected chi connectivity index (χ3v) is 3.14. The van der Waals surface area contributed by atoms with Crippen molar-refractivity contribution in [1.82, 2.24) is 0 Å². The second-order valence-corrected chi connectivity index (χ2v) is 5.09. The van der Waals surface area contributed by atoms with Gasteiger partial charge in [0.05, 0.1) is 13.7 Å². The van der Waals surface area contributed by atoms with Gasteiger partial charge in [-0.25, -0.2) is 0 Å². The first kappa shape index (κ1) is 16.1. The summed E-state index contributed by atoms with van der Waals surface area (Å²) in [7, 11) is 1.64. The molecular formula is C17H20N2O2S. The molecule has 116 valence electrons. The molecule has 0 aliphatic carbocycles. The summed E-state index contributed by atoms with van der Waals surface area (Å²) in [5, 5.41) is 6.79. The van der Waals surface area contributed by atoms with Crippen LogP contribution in [0.15, 0.2) is 48.5 Å². The lowest BCUT2D eigenvalue weighted by Crippen LogP contribution is -2.18. The topological polar surface area (TPSA) is 42.5 Å². The van der Waals surface area contributed by atoms with Crippen LogP contribution in [0.25, 0.3) is 0 Å². The van der Waals surface area contributed by atoms with Gasteiger partial charge in [-0.1, -0.05) is 6.92 Å². The van der Waals surface area contributed by atoms with Crippen LogP contribution in [-0.2, 0) is 0 Å². The van der Waals surface area contributed by atoms with Crippen LogP contribution in [0.4, 0.5) is 11.4 Å². The Kier molecular flexibility index (Phi) is 6.03. The third-order valence-electron chi connectivity index (χ3n) is 2.93. The normalized spacial score (nSPS) is 9.91. The van der Waals surface area contributed by atoms with Crippen molar-refractivity contribution >= 4 is 28.7 Å². The van der Waals surface area contributed by atoms with E-state index >= 15 is 0 Å². The summed E-state index contributed by atoms with van der Waals surface area (Å²) in [5.41, 5.74) is 1.82. The first-order chi connectivity index (χ1) is 10.7. The summed E-state index contributed by atoms with van der Waals surface area (Å²) in [6, 6.07) is 15.3. The standard InChI is InChI=1S/C17H20N2O2S/c1-3-12-21-16-10-6-14(7-11-16)19-17(22)18-13-4-8-15(20-2)9-5-13/h4-11H,3,12H2,1-2H3,(H2,18,19,22). The molecule has 0 spiro atoms. The highest BCUT2D eigenvalue weighted by molar-refractivity contribution is 7.80. The Bertz CT molecular complexity index is 597. The number of thiocarbonyl (C=S) groups is 1. The van der Waals surface area contributed by atoms with Crippen molar-refractivity contribution in [2.75, 3.05) is 24.4 Å². The fourth-order valence-corrected chi connectivity index (χ4v) is 2.06. The van der Waals surface area contributed by atoms with Gasteiger partial charge < -0.3 is 20.1 Å². The molecule has 0 bridgehead atoms. The molecule has 2 rings (SSSR count). The minimum absolute atomic E-state index is 0.535. The molecule has 0 amide bonds. The van der Waals surface area contributed by atoms with Gasteiger partial charge in [-0.15, -0.1) is 0 Å². The molecule has 22 heavy (non-hydrogen) atoms. The number of benzene rings is 2. The van der Waals surface area contributed by atoms with Crippen molar-refractivity contribution in [3.8, 4) is 11.5 Å². The molecule has 0 atom stereocenters. The Morgan fingerprint density at radius 2 is 1.41 bits per heavy atom. The molecule has 5 heteroatoms. The highest BCUT2D eigenvalue weighted by atomic mass is 32.1. The number of hydrogen-bond acceptors (Lipinski definition) is 3. The predicted octanol–water partition coefficient (Wildman–Crippen LogP) is 4.29. The summed E-state index contributed by atoms with van der Waals surface area (Å²) < 4.78 is 10.7. The van der Waals surface area contributed by atoms with Crippen LogP contribution in [0.3, 0.4) is 0 Å². The molecule has 0 fully saturated rings. The molecule has 2 aromatic rings. The molecule has 0 radical (unpaired) electrons. The van der Waals surface area contributed by atoms with Gasteiger partial charge in [0.25, 0.3) is 0 Å². The van der Waals surface area contributed by atoms with Gasteiger partial charge in [-0.2, -0.15) is 0 Å². The molecule has 0 heterocycles. The maximum Gasteiger partial charge on any atom is 0.175 e. The average molecular weight is 316 g/mol. The van der Waals surface area contributed by atoms with Gasteiger partial charge in [0, 0.05) is 11.4 Å². The zero-order valence-electron chi connectivity index (χ0n) is 12.8. The molecule has 0 unspecified atom stereocenters. The maximum absolute atomic E-state index is 5.54. The van der Waals surface area contributed by atoms with Crippen LogP contribution in [0.2, 0.25) is 0 Å². The SMILES string of the molecule is CCCOc1ccc(NC(=S)Nc2ccc(OC)cc2)cc1. The Morgan fingerprint density at radius 1 is 0.909 bits per heavy atom. The molecule has 0 saturated carbocycles. The van der Waals surface area contributed by atoms with E-state index in [9.17, 15) is 0 Å². The number of hydrogen-bond donors (Lipinski definition) is 2. The van der Waals surface area contributed by atoms with Crippen molar-refractivity contribution in [3.05, 3.63) is 48.5 Å². The maximum atomic E-state index is 5.54. The van der Waals surface area contributed by atoms with Crippen molar-refractivity contribution in [2.45, 2.75) is 13.3 Å². The van der Waals surface area contributed by atoms with Crippen molar-refractivity contribution in [3.63, 3.8) is 0 Å². The number of ether oxygens (including phenoxy) is 2.